The molecule has 0 aliphatic carbocycles. The van der Waals surface area contributed by atoms with E-state index in [1.54, 1.807) is 0 Å². The number of likely N-dealkylation sites (tertiary alicyclic amines) is 1. The topological polar surface area (TPSA) is 50.8 Å². The van der Waals surface area contributed by atoms with Crippen LogP contribution in [0.2, 0.25) is 0 Å². The molecule has 0 aromatic heterocycles. The number of anilines is 1. The van der Waals surface area contributed by atoms with Crippen LogP contribution in [0.3, 0.4) is 0 Å². The van der Waals surface area contributed by atoms with Crippen molar-refractivity contribution in [2.24, 2.45) is 0 Å². The fourth-order valence-electron chi connectivity index (χ4n) is 3.55. The van der Waals surface area contributed by atoms with E-state index in [4.69, 9.17) is 9.47 Å². The molecule has 2 heterocycles. The first kappa shape index (κ1) is 15.8. The number of benzene rings is 2. The summed E-state index contributed by atoms with van der Waals surface area (Å²) in [7, 11) is 0. The lowest BCUT2D eigenvalue weighted by Gasteiger charge is -2.26. The Morgan fingerprint density at radius 3 is 2.80 bits per heavy atom. The van der Waals surface area contributed by atoms with Crippen LogP contribution in [0.15, 0.2) is 42.5 Å². The van der Waals surface area contributed by atoms with Gasteiger partial charge in [-0.2, -0.15) is 0 Å². The molecule has 25 heavy (non-hydrogen) atoms. The molecule has 0 bridgehead atoms. The van der Waals surface area contributed by atoms with Gasteiger partial charge in [-0.05, 0) is 37.5 Å². The maximum atomic E-state index is 12.8. The highest BCUT2D eigenvalue weighted by Crippen LogP contribution is 2.35. The molecule has 1 N–H and O–H groups in total. The SMILES string of the molecule is Cc1cccc([C@H]2CCCN2C(=O)Nc2ccc3c(c2)OCCO3)c1. The molecule has 1 atom stereocenters. The van der Waals surface area contributed by atoms with E-state index >= 15 is 0 Å². The van der Waals surface area contributed by atoms with E-state index in [0.717, 1.165) is 30.8 Å². The number of nitrogens with zero attached hydrogens (tertiary/aromatic N) is 1. The third-order valence-electron chi connectivity index (χ3n) is 4.73. The Hall–Kier alpha value is -2.69. The number of ether oxygens (including phenoxy) is 2. The van der Waals surface area contributed by atoms with Gasteiger partial charge in [-0.1, -0.05) is 29.8 Å². The second-order valence-corrected chi connectivity index (χ2v) is 6.55. The number of urea groups is 1. The van der Waals surface area contributed by atoms with Crippen molar-refractivity contribution in [1.29, 1.82) is 0 Å². The van der Waals surface area contributed by atoms with Crippen molar-refractivity contribution in [3.05, 3.63) is 53.6 Å². The number of hydrogen-bond donors (Lipinski definition) is 1. The molecule has 2 aromatic carbocycles. The molecule has 130 valence electrons. The maximum absolute atomic E-state index is 12.8. The first-order valence-corrected chi connectivity index (χ1v) is 8.74. The van der Waals surface area contributed by atoms with Crippen LogP contribution in [0.25, 0.3) is 0 Å². The van der Waals surface area contributed by atoms with E-state index in [0.29, 0.717) is 19.0 Å². The van der Waals surface area contributed by atoms with Gasteiger partial charge in [-0.25, -0.2) is 4.79 Å². The Balaban J connectivity index is 1.50. The summed E-state index contributed by atoms with van der Waals surface area (Å²) in [6.45, 7) is 3.95. The summed E-state index contributed by atoms with van der Waals surface area (Å²) in [5.74, 6) is 1.41. The number of rotatable bonds is 2. The van der Waals surface area contributed by atoms with E-state index in [2.05, 4.69) is 36.5 Å². The number of hydrogen-bond acceptors (Lipinski definition) is 3. The summed E-state index contributed by atoms with van der Waals surface area (Å²) in [5.41, 5.74) is 3.15. The Morgan fingerprint density at radius 2 is 1.96 bits per heavy atom. The monoisotopic (exact) mass is 338 g/mol. The molecule has 4 rings (SSSR count). The highest BCUT2D eigenvalue weighted by Gasteiger charge is 2.30. The second kappa shape index (κ2) is 6.67. The van der Waals surface area contributed by atoms with Gasteiger partial charge in [0.25, 0.3) is 0 Å². The molecule has 0 unspecified atom stereocenters. The number of carbonyl (C=O) groups excluding carboxylic acids is 1. The van der Waals surface area contributed by atoms with Crippen molar-refractivity contribution in [3.63, 3.8) is 0 Å². The molecular formula is C20H22N2O3. The summed E-state index contributed by atoms with van der Waals surface area (Å²) in [4.78, 5) is 14.7. The van der Waals surface area contributed by atoms with Crippen LogP contribution < -0.4 is 14.8 Å². The van der Waals surface area contributed by atoms with Crippen LogP contribution in [0.4, 0.5) is 10.5 Å². The van der Waals surface area contributed by atoms with E-state index < -0.39 is 0 Å². The average molecular weight is 338 g/mol. The zero-order valence-corrected chi connectivity index (χ0v) is 14.3. The predicted octanol–water partition coefficient (Wildman–Crippen LogP) is 4.14. The third-order valence-corrected chi connectivity index (χ3v) is 4.73. The fraction of sp³-hybridized carbons (Fsp3) is 0.350. The summed E-state index contributed by atoms with van der Waals surface area (Å²) >= 11 is 0. The molecular weight excluding hydrogens is 316 g/mol. The second-order valence-electron chi connectivity index (χ2n) is 6.55. The zero-order chi connectivity index (χ0) is 17.2. The Bertz CT molecular complexity index is 790. The highest BCUT2D eigenvalue weighted by atomic mass is 16.6. The van der Waals surface area contributed by atoms with E-state index in [1.807, 2.05) is 23.1 Å². The van der Waals surface area contributed by atoms with Gasteiger partial charge < -0.3 is 19.7 Å². The van der Waals surface area contributed by atoms with Gasteiger partial charge in [0.1, 0.15) is 13.2 Å². The standard InChI is InChI=1S/C20H22N2O3/c1-14-4-2-5-15(12-14)17-6-3-9-22(17)20(23)21-16-7-8-18-19(13-16)25-11-10-24-18/h2,4-5,7-8,12-13,17H,3,6,9-11H2,1H3,(H,21,23)/t17-/m1/s1. The van der Waals surface area contributed by atoms with E-state index in [-0.39, 0.29) is 12.1 Å². The molecule has 2 aliphatic rings. The minimum absolute atomic E-state index is 0.0688. The summed E-state index contributed by atoms with van der Waals surface area (Å²) in [6, 6.07) is 14.0. The first-order chi connectivity index (χ1) is 12.2. The van der Waals surface area contributed by atoms with Gasteiger partial charge in [0.05, 0.1) is 6.04 Å². The lowest BCUT2D eigenvalue weighted by atomic mass is 10.0. The quantitative estimate of drug-likeness (QED) is 0.895. The predicted molar refractivity (Wildman–Crippen MR) is 96.3 cm³/mol. The molecule has 1 fully saturated rings. The number of amides is 2. The Kier molecular flexibility index (Phi) is 4.22. The summed E-state index contributed by atoms with van der Waals surface area (Å²) < 4.78 is 11.1. The van der Waals surface area contributed by atoms with Crippen molar-refractivity contribution in [2.45, 2.75) is 25.8 Å². The molecule has 0 spiro atoms. The number of nitrogens with one attached hydrogen (secondary N) is 1. The van der Waals surface area contributed by atoms with Gasteiger partial charge >= 0.3 is 6.03 Å². The molecule has 1 saturated heterocycles. The van der Waals surface area contributed by atoms with Crippen molar-refractivity contribution in [1.82, 2.24) is 4.90 Å². The largest absolute Gasteiger partial charge is 0.486 e. The number of aryl methyl sites for hydroxylation is 1. The molecule has 0 radical (unpaired) electrons. The minimum atomic E-state index is -0.0688. The van der Waals surface area contributed by atoms with Crippen LogP contribution in [0.1, 0.15) is 30.0 Å². The maximum Gasteiger partial charge on any atom is 0.322 e. The van der Waals surface area contributed by atoms with Gasteiger partial charge in [-0.15, -0.1) is 0 Å². The van der Waals surface area contributed by atoms with Crippen LogP contribution in [-0.4, -0.2) is 30.7 Å². The normalized spacial score (nSPS) is 18.9. The molecule has 5 heteroatoms. The summed E-state index contributed by atoms with van der Waals surface area (Å²) in [5, 5.41) is 3.00. The molecule has 5 nitrogen and oxygen atoms in total. The lowest BCUT2D eigenvalue weighted by molar-refractivity contribution is 0.171. The van der Waals surface area contributed by atoms with Crippen LogP contribution in [0.5, 0.6) is 11.5 Å². The minimum Gasteiger partial charge on any atom is -0.486 e. The van der Waals surface area contributed by atoms with Crippen LogP contribution >= 0.6 is 0 Å². The molecule has 2 aromatic rings. The highest BCUT2D eigenvalue weighted by molar-refractivity contribution is 5.90. The van der Waals surface area contributed by atoms with Gasteiger partial charge in [0.2, 0.25) is 0 Å². The van der Waals surface area contributed by atoms with Crippen LogP contribution in [0, 0.1) is 6.92 Å². The van der Waals surface area contributed by atoms with E-state index in [9.17, 15) is 4.79 Å². The van der Waals surface area contributed by atoms with Crippen LogP contribution in [-0.2, 0) is 0 Å². The third kappa shape index (κ3) is 3.27. The average Bonchev–Trinajstić information content (AvgIpc) is 3.11. The van der Waals surface area contributed by atoms with Gasteiger partial charge in [0.15, 0.2) is 11.5 Å². The van der Waals surface area contributed by atoms with Crippen molar-refractivity contribution >= 4 is 11.7 Å². The van der Waals surface area contributed by atoms with Crippen molar-refractivity contribution in [2.75, 3.05) is 25.1 Å². The Morgan fingerprint density at radius 1 is 1.12 bits per heavy atom. The van der Waals surface area contributed by atoms with Gasteiger partial charge in [0, 0.05) is 18.3 Å². The summed E-state index contributed by atoms with van der Waals surface area (Å²) in [6.07, 6.45) is 2.02. The number of fused-ring (bicyclic) bond motifs is 1. The van der Waals surface area contributed by atoms with E-state index in [1.165, 1.54) is 11.1 Å². The van der Waals surface area contributed by atoms with Gasteiger partial charge in [-0.3, -0.25) is 0 Å². The van der Waals surface area contributed by atoms with Crippen molar-refractivity contribution in [3.8, 4) is 11.5 Å². The Labute approximate surface area is 147 Å². The zero-order valence-electron chi connectivity index (χ0n) is 14.3. The first-order valence-electron chi connectivity index (χ1n) is 8.74. The lowest BCUT2D eigenvalue weighted by Crippen LogP contribution is -2.34. The number of carbonyl (C=O) groups is 1. The molecule has 2 aliphatic heterocycles. The van der Waals surface area contributed by atoms with Crippen molar-refractivity contribution < 1.29 is 14.3 Å². The fourth-order valence-corrected chi connectivity index (χ4v) is 3.55. The molecule has 2 amide bonds. The molecule has 0 saturated carbocycles. The smallest absolute Gasteiger partial charge is 0.322 e.